The van der Waals surface area contributed by atoms with Gasteiger partial charge in [-0.3, -0.25) is 10.1 Å². The van der Waals surface area contributed by atoms with Crippen LogP contribution in [-0.4, -0.2) is 34.0 Å². The number of nitro groups is 1. The van der Waals surface area contributed by atoms with Crippen molar-refractivity contribution in [3.63, 3.8) is 0 Å². The van der Waals surface area contributed by atoms with E-state index in [2.05, 4.69) is 20.3 Å². The summed E-state index contributed by atoms with van der Waals surface area (Å²) < 4.78 is 0. The fraction of sp³-hybridized carbons (Fsp3) is 0.118. The molecule has 0 aliphatic carbocycles. The molecule has 3 N–H and O–H groups in total. The molecule has 1 heterocycles. The number of nitrogens with zero attached hydrogens (tertiary/aromatic N) is 5. The number of non-ortho nitro benzene ring substituents is 1. The third-order valence-electron chi connectivity index (χ3n) is 3.63. The maximum absolute atomic E-state index is 10.7. The molecule has 0 bridgehead atoms. The summed E-state index contributed by atoms with van der Waals surface area (Å²) in [6.45, 7) is 0. The SMILES string of the molecule is CN(C)c1ccc(-c2nc(N)nc(Nc3ccc([N+](=O)[O-])cc3)n2)cc1. The molecule has 0 spiro atoms. The highest BCUT2D eigenvalue weighted by molar-refractivity contribution is 5.63. The molecule has 2 aromatic carbocycles. The number of rotatable bonds is 5. The topological polar surface area (TPSA) is 123 Å². The van der Waals surface area contributed by atoms with Crippen molar-refractivity contribution in [1.29, 1.82) is 0 Å². The Kier molecular flexibility index (Phi) is 4.61. The van der Waals surface area contributed by atoms with E-state index < -0.39 is 4.92 Å². The second-order valence-electron chi connectivity index (χ2n) is 5.71. The quantitative estimate of drug-likeness (QED) is 0.531. The van der Waals surface area contributed by atoms with Crippen LogP contribution in [-0.2, 0) is 0 Å². The summed E-state index contributed by atoms with van der Waals surface area (Å²) in [7, 11) is 3.92. The van der Waals surface area contributed by atoms with Crippen LogP contribution in [0.3, 0.4) is 0 Å². The van der Waals surface area contributed by atoms with E-state index in [4.69, 9.17) is 5.73 Å². The number of nitrogens with two attached hydrogens (primary N) is 1. The highest BCUT2D eigenvalue weighted by atomic mass is 16.6. The highest BCUT2D eigenvalue weighted by Crippen LogP contribution is 2.23. The Hall–Kier alpha value is -3.75. The lowest BCUT2D eigenvalue weighted by Gasteiger charge is -2.12. The fourth-order valence-electron chi connectivity index (χ4n) is 2.28. The van der Waals surface area contributed by atoms with Gasteiger partial charge < -0.3 is 16.0 Å². The Labute approximate surface area is 149 Å². The molecule has 1 aromatic heterocycles. The Morgan fingerprint density at radius 1 is 1.00 bits per heavy atom. The minimum atomic E-state index is -0.458. The van der Waals surface area contributed by atoms with Crippen LogP contribution in [0, 0.1) is 10.1 Å². The number of nitro benzene ring substituents is 1. The molecule has 9 nitrogen and oxygen atoms in total. The molecular weight excluding hydrogens is 334 g/mol. The summed E-state index contributed by atoms with van der Waals surface area (Å²) in [5.74, 6) is 0.779. The minimum absolute atomic E-state index is 0.00683. The van der Waals surface area contributed by atoms with Gasteiger partial charge in [-0.2, -0.15) is 15.0 Å². The zero-order valence-electron chi connectivity index (χ0n) is 14.2. The summed E-state index contributed by atoms with van der Waals surface area (Å²) in [4.78, 5) is 24.9. The monoisotopic (exact) mass is 351 g/mol. The van der Waals surface area contributed by atoms with Gasteiger partial charge in [0.1, 0.15) is 0 Å². The van der Waals surface area contributed by atoms with E-state index in [0.717, 1.165) is 11.3 Å². The Morgan fingerprint density at radius 2 is 1.65 bits per heavy atom. The first-order valence-electron chi connectivity index (χ1n) is 7.73. The normalized spacial score (nSPS) is 10.4. The third kappa shape index (κ3) is 3.83. The van der Waals surface area contributed by atoms with Crippen LogP contribution in [0.25, 0.3) is 11.4 Å². The van der Waals surface area contributed by atoms with E-state index in [-0.39, 0.29) is 17.6 Å². The summed E-state index contributed by atoms with van der Waals surface area (Å²) in [5, 5.41) is 13.7. The lowest BCUT2D eigenvalue weighted by Crippen LogP contribution is -2.08. The molecule has 0 saturated carbocycles. The standard InChI is InChI=1S/C17H17N7O2/c1-23(2)13-7-3-11(4-8-13)15-20-16(18)22-17(21-15)19-12-5-9-14(10-6-12)24(25)26/h3-10H,1-2H3,(H3,18,19,20,21,22). The molecule has 0 fully saturated rings. The van der Waals surface area contributed by atoms with Crippen LogP contribution in [0.5, 0.6) is 0 Å². The predicted molar refractivity (Wildman–Crippen MR) is 100 cm³/mol. The van der Waals surface area contributed by atoms with Crippen LogP contribution in [0.1, 0.15) is 0 Å². The lowest BCUT2D eigenvalue weighted by atomic mass is 10.2. The van der Waals surface area contributed by atoms with Gasteiger partial charge >= 0.3 is 0 Å². The van der Waals surface area contributed by atoms with Gasteiger partial charge in [-0.05, 0) is 36.4 Å². The van der Waals surface area contributed by atoms with E-state index in [9.17, 15) is 10.1 Å². The largest absolute Gasteiger partial charge is 0.378 e. The third-order valence-corrected chi connectivity index (χ3v) is 3.63. The van der Waals surface area contributed by atoms with Crippen LogP contribution in [0.4, 0.5) is 29.0 Å². The second kappa shape index (κ2) is 7.01. The maximum Gasteiger partial charge on any atom is 0.269 e. The van der Waals surface area contributed by atoms with E-state index in [1.54, 1.807) is 12.1 Å². The van der Waals surface area contributed by atoms with E-state index >= 15 is 0 Å². The van der Waals surface area contributed by atoms with Crippen LogP contribution in [0.15, 0.2) is 48.5 Å². The van der Waals surface area contributed by atoms with Crippen molar-refractivity contribution in [3.8, 4) is 11.4 Å². The van der Waals surface area contributed by atoms with Crippen molar-refractivity contribution in [2.75, 3.05) is 30.0 Å². The first kappa shape index (κ1) is 17.1. The van der Waals surface area contributed by atoms with E-state index in [1.807, 2.05) is 43.3 Å². The van der Waals surface area contributed by atoms with Gasteiger partial charge in [-0.1, -0.05) is 0 Å². The van der Waals surface area contributed by atoms with Gasteiger partial charge in [0.2, 0.25) is 11.9 Å². The van der Waals surface area contributed by atoms with Crippen molar-refractivity contribution in [2.24, 2.45) is 0 Å². The molecule has 0 aliphatic heterocycles. The van der Waals surface area contributed by atoms with E-state index in [0.29, 0.717) is 11.5 Å². The number of hydrogen-bond donors (Lipinski definition) is 2. The minimum Gasteiger partial charge on any atom is -0.378 e. The Morgan fingerprint density at radius 3 is 2.23 bits per heavy atom. The lowest BCUT2D eigenvalue weighted by molar-refractivity contribution is -0.384. The summed E-state index contributed by atoms with van der Waals surface area (Å²) in [6.07, 6.45) is 0. The number of anilines is 4. The Balaban J connectivity index is 1.86. The molecule has 9 heteroatoms. The van der Waals surface area contributed by atoms with E-state index in [1.165, 1.54) is 12.1 Å². The molecule has 0 aliphatic rings. The number of benzene rings is 2. The number of hydrogen-bond acceptors (Lipinski definition) is 8. The average molecular weight is 351 g/mol. The van der Waals surface area contributed by atoms with Gasteiger partial charge in [0.05, 0.1) is 4.92 Å². The van der Waals surface area contributed by atoms with Crippen LogP contribution in [0.2, 0.25) is 0 Å². The molecule has 26 heavy (non-hydrogen) atoms. The fourth-order valence-corrected chi connectivity index (χ4v) is 2.28. The van der Waals surface area contributed by atoms with Gasteiger partial charge in [-0.25, -0.2) is 0 Å². The molecule has 3 aromatic rings. The predicted octanol–water partition coefficient (Wildman–Crippen LogP) is 2.84. The summed E-state index contributed by atoms with van der Waals surface area (Å²) in [6, 6.07) is 13.7. The smallest absolute Gasteiger partial charge is 0.269 e. The molecule has 0 saturated heterocycles. The Bertz CT molecular complexity index is 925. The zero-order valence-corrected chi connectivity index (χ0v) is 14.2. The van der Waals surface area contributed by atoms with Crippen LogP contribution < -0.4 is 16.0 Å². The van der Waals surface area contributed by atoms with Crippen LogP contribution >= 0.6 is 0 Å². The molecule has 0 atom stereocenters. The number of nitrogen functional groups attached to an aromatic ring is 1. The molecule has 132 valence electrons. The van der Waals surface area contributed by atoms with Crippen molar-refractivity contribution >= 4 is 29.0 Å². The summed E-state index contributed by atoms with van der Waals surface area (Å²) in [5.41, 5.74) is 8.26. The maximum atomic E-state index is 10.7. The number of nitrogens with one attached hydrogen (secondary N) is 1. The molecule has 0 amide bonds. The van der Waals surface area contributed by atoms with Gasteiger partial charge in [0.25, 0.3) is 5.69 Å². The van der Waals surface area contributed by atoms with Crippen molar-refractivity contribution < 1.29 is 4.92 Å². The van der Waals surface area contributed by atoms with Crippen molar-refractivity contribution in [1.82, 2.24) is 15.0 Å². The average Bonchev–Trinajstić information content (AvgIpc) is 2.61. The van der Waals surface area contributed by atoms with Gasteiger partial charge in [0.15, 0.2) is 5.82 Å². The number of aromatic nitrogens is 3. The summed E-state index contributed by atoms with van der Waals surface area (Å²) >= 11 is 0. The van der Waals surface area contributed by atoms with Gasteiger partial charge in [-0.15, -0.1) is 0 Å². The molecule has 3 rings (SSSR count). The first-order chi connectivity index (χ1) is 12.4. The molecule has 0 unspecified atom stereocenters. The van der Waals surface area contributed by atoms with Crippen molar-refractivity contribution in [3.05, 3.63) is 58.6 Å². The first-order valence-corrected chi connectivity index (χ1v) is 7.73. The highest BCUT2D eigenvalue weighted by Gasteiger charge is 2.09. The zero-order chi connectivity index (χ0) is 18.7. The van der Waals surface area contributed by atoms with Gasteiger partial charge in [0, 0.05) is 43.2 Å². The molecular formula is C17H17N7O2. The molecule has 0 radical (unpaired) electrons. The second-order valence-corrected chi connectivity index (χ2v) is 5.71. The van der Waals surface area contributed by atoms with Crippen molar-refractivity contribution in [2.45, 2.75) is 0 Å².